The molecule has 1 aliphatic heterocycles. The molecule has 1 saturated carbocycles. The van der Waals surface area contributed by atoms with Gasteiger partial charge < -0.3 is 5.32 Å². The van der Waals surface area contributed by atoms with Crippen molar-refractivity contribution < 1.29 is 8.42 Å². The Morgan fingerprint density at radius 3 is 2.38 bits per heavy atom. The molecule has 3 atom stereocenters. The minimum Gasteiger partial charge on any atom is -0.366 e. The van der Waals surface area contributed by atoms with E-state index in [2.05, 4.69) is 10.0 Å². The maximum atomic E-state index is 12.2. The molecule has 2 fully saturated rings. The average molecular weight is 370 g/mol. The number of nitrogens with one attached hydrogen (secondary N) is 2. The van der Waals surface area contributed by atoms with Gasteiger partial charge in [-0.2, -0.15) is 4.72 Å². The van der Waals surface area contributed by atoms with Crippen LogP contribution in [0.2, 0.25) is 15.1 Å². The van der Waals surface area contributed by atoms with Gasteiger partial charge in [0.05, 0.1) is 27.1 Å². The van der Waals surface area contributed by atoms with Gasteiger partial charge in [-0.25, -0.2) is 8.42 Å². The van der Waals surface area contributed by atoms with Crippen LogP contribution in [-0.2, 0) is 10.0 Å². The van der Waals surface area contributed by atoms with Crippen LogP contribution in [0.25, 0.3) is 0 Å². The molecule has 21 heavy (non-hydrogen) atoms. The highest BCUT2D eigenvalue weighted by atomic mass is 35.5. The van der Waals surface area contributed by atoms with Crippen molar-refractivity contribution in [1.29, 1.82) is 0 Å². The molecular weight excluding hydrogens is 355 g/mol. The molecule has 0 bridgehead atoms. The largest absolute Gasteiger partial charge is 0.366 e. The second kappa shape index (κ2) is 5.78. The van der Waals surface area contributed by atoms with Crippen molar-refractivity contribution in [2.24, 2.45) is 5.92 Å². The van der Waals surface area contributed by atoms with Crippen LogP contribution in [0.5, 0.6) is 0 Å². The van der Waals surface area contributed by atoms with E-state index in [0.717, 1.165) is 19.3 Å². The van der Waals surface area contributed by atoms with Crippen molar-refractivity contribution in [3.05, 3.63) is 27.2 Å². The zero-order valence-corrected chi connectivity index (χ0v) is 14.2. The number of hydrogen-bond acceptors (Lipinski definition) is 3. The fourth-order valence-electron chi connectivity index (χ4n) is 3.22. The van der Waals surface area contributed by atoms with Gasteiger partial charge in [-0.3, -0.25) is 0 Å². The van der Waals surface area contributed by atoms with Gasteiger partial charge >= 0.3 is 0 Å². The smallest absolute Gasteiger partial charge is 0.216 e. The zero-order valence-electron chi connectivity index (χ0n) is 11.1. The molecule has 8 heteroatoms. The third-order valence-electron chi connectivity index (χ3n) is 4.18. The Morgan fingerprint density at radius 1 is 1.10 bits per heavy atom. The van der Waals surface area contributed by atoms with E-state index >= 15 is 0 Å². The van der Waals surface area contributed by atoms with E-state index in [-0.39, 0.29) is 17.3 Å². The first-order chi connectivity index (χ1) is 9.88. The van der Waals surface area contributed by atoms with Crippen LogP contribution in [0.3, 0.4) is 0 Å². The molecule has 2 N–H and O–H groups in total. The van der Waals surface area contributed by atoms with Crippen LogP contribution in [0, 0.1) is 5.92 Å². The fraction of sp³-hybridized carbons (Fsp3) is 0.538. The fourth-order valence-corrected chi connectivity index (χ4v) is 6.13. The summed E-state index contributed by atoms with van der Waals surface area (Å²) < 4.78 is 27.1. The number of benzene rings is 1. The maximum absolute atomic E-state index is 12.2. The summed E-state index contributed by atoms with van der Waals surface area (Å²) in [7, 11) is -3.28. The molecular formula is C13H15Cl3N2O2S. The molecule has 1 aromatic carbocycles. The summed E-state index contributed by atoms with van der Waals surface area (Å²) in [6.07, 6.45) is 3.20. The van der Waals surface area contributed by atoms with E-state index in [9.17, 15) is 8.42 Å². The van der Waals surface area contributed by atoms with Gasteiger partial charge in [-0.1, -0.05) is 47.6 Å². The quantitative estimate of drug-likeness (QED) is 0.832. The lowest BCUT2D eigenvalue weighted by Crippen LogP contribution is -2.37. The SMILES string of the molecule is O=S1(=O)NC(Nc2c(Cl)cc(Cl)cc2Cl)C2CCCCC21. The summed E-state index contributed by atoms with van der Waals surface area (Å²) in [6, 6.07) is 3.16. The first-order valence-corrected chi connectivity index (χ1v) is 9.49. The summed E-state index contributed by atoms with van der Waals surface area (Å²) in [5, 5.41) is 4.03. The summed E-state index contributed by atoms with van der Waals surface area (Å²) in [5.41, 5.74) is 0.515. The molecule has 0 radical (unpaired) electrons. The van der Waals surface area contributed by atoms with Crippen LogP contribution >= 0.6 is 34.8 Å². The van der Waals surface area contributed by atoms with Crippen LogP contribution < -0.4 is 10.0 Å². The molecule has 3 unspecified atom stereocenters. The van der Waals surface area contributed by atoms with E-state index in [1.54, 1.807) is 12.1 Å². The van der Waals surface area contributed by atoms with Gasteiger partial charge in [0, 0.05) is 10.9 Å². The topological polar surface area (TPSA) is 58.2 Å². The van der Waals surface area contributed by atoms with E-state index < -0.39 is 10.0 Å². The number of sulfonamides is 1. The Bertz CT molecular complexity index is 642. The van der Waals surface area contributed by atoms with Crippen LogP contribution in [0.4, 0.5) is 5.69 Å². The Kier molecular flexibility index (Phi) is 4.32. The van der Waals surface area contributed by atoms with Gasteiger partial charge in [0.2, 0.25) is 10.0 Å². The molecule has 1 saturated heterocycles. The van der Waals surface area contributed by atoms with Gasteiger partial charge in [0.1, 0.15) is 0 Å². The molecule has 1 heterocycles. The lowest BCUT2D eigenvalue weighted by Gasteiger charge is -2.27. The lowest BCUT2D eigenvalue weighted by atomic mass is 9.86. The van der Waals surface area contributed by atoms with E-state index in [1.165, 1.54) is 0 Å². The first kappa shape index (κ1) is 15.7. The van der Waals surface area contributed by atoms with Crippen molar-refractivity contribution in [2.45, 2.75) is 37.1 Å². The normalized spacial score (nSPS) is 30.9. The van der Waals surface area contributed by atoms with Gasteiger partial charge in [-0.15, -0.1) is 0 Å². The van der Waals surface area contributed by atoms with Gasteiger partial charge in [-0.05, 0) is 25.0 Å². The molecule has 3 rings (SSSR count). The molecule has 0 spiro atoms. The van der Waals surface area contributed by atoms with E-state index in [4.69, 9.17) is 34.8 Å². The zero-order chi connectivity index (χ0) is 15.2. The van der Waals surface area contributed by atoms with E-state index in [1.807, 2.05) is 0 Å². The van der Waals surface area contributed by atoms with Crippen molar-refractivity contribution in [1.82, 2.24) is 4.72 Å². The lowest BCUT2D eigenvalue weighted by molar-refractivity contribution is 0.342. The highest BCUT2D eigenvalue weighted by molar-refractivity contribution is 7.90. The summed E-state index contributed by atoms with van der Waals surface area (Å²) in [5.74, 6) is 0.0339. The molecule has 0 amide bonds. The minimum atomic E-state index is -3.28. The van der Waals surface area contributed by atoms with Crippen molar-refractivity contribution in [2.75, 3.05) is 5.32 Å². The van der Waals surface area contributed by atoms with E-state index in [0.29, 0.717) is 27.2 Å². The molecule has 2 aliphatic rings. The second-order valence-electron chi connectivity index (χ2n) is 5.52. The van der Waals surface area contributed by atoms with Crippen LogP contribution in [0.1, 0.15) is 25.7 Å². The first-order valence-electron chi connectivity index (χ1n) is 6.81. The third-order valence-corrected chi connectivity index (χ3v) is 6.96. The highest BCUT2D eigenvalue weighted by Gasteiger charge is 2.47. The van der Waals surface area contributed by atoms with Crippen molar-refractivity contribution in [3.8, 4) is 0 Å². The third kappa shape index (κ3) is 2.99. The van der Waals surface area contributed by atoms with Gasteiger partial charge in [0.25, 0.3) is 0 Å². The Morgan fingerprint density at radius 2 is 1.71 bits per heavy atom. The number of rotatable bonds is 2. The Labute approximate surface area is 139 Å². The van der Waals surface area contributed by atoms with Crippen molar-refractivity contribution in [3.63, 3.8) is 0 Å². The second-order valence-corrected chi connectivity index (χ2v) is 8.70. The Hall–Kier alpha value is -0.200. The highest BCUT2D eigenvalue weighted by Crippen LogP contribution is 2.40. The number of halogens is 3. The number of fused-ring (bicyclic) bond motifs is 1. The van der Waals surface area contributed by atoms with Crippen LogP contribution in [-0.4, -0.2) is 19.8 Å². The molecule has 116 valence electrons. The number of hydrogen-bond donors (Lipinski definition) is 2. The predicted octanol–water partition coefficient (Wildman–Crippen LogP) is 3.88. The predicted molar refractivity (Wildman–Crippen MR) is 86.7 cm³/mol. The molecule has 1 aromatic rings. The number of anilines is 1. The van der Waals surface area contributed by atoms with Crippen LogP contribution in [0.15, 0.2) is 12.1 Å². The van der Waals surface area contributed by atoms with Gasteiger partial charge in [0.15, 0.2) is 0 Å². The molecule has 4 nitrogen and oxygen atoms in total. The standard InChI is InChI=1S/C13H15Cl3N2O2S/c14-7-5-9(15)12(10(16)6-7)17-13-8-3-1-2-4-11(8)21(19,20)18-13/h5-6,8,11,13,17-18H,1-4H2. The Balaban J connectivity index is 1.89. The minimum absolute atomic E-state index is 0.0339. The summed E-state index contributed by atoms with van der Waals surface area (Å²) in [4.78, 5) is 0. The molecule has 1 aliphatic carbocycles. The van der Waals surface area contributed by atoms with Crippen molar-refractivity contribution >= 4 is 50.5 Å². The summed E-state index contributed by atoms with van der Waals surface area (Å²) >= 11 is 18.2. The summed E-state index contributed by atoms with van der Waals surface area (Å²) in [6.45, 7) is 0. The molecule has 0 aromatic heterocycles. The maximum Gasteiger partial charge on any atom is 0.216 e. The average Bonchev–Trinajstić information content (AvgIpc) is 2.66. The monoisotopic (exact) mass is 368 g/mol.